The molecule has 4 aromatic carbocycles. The Hall–Kier alpha value is -4.05. The third-order valence-corrected chi connectivity index (χ3v) is 7.27. The lowest BCUT2D eigenvalue weighted by atomic mass is 9.83. The molecule has 0 heterocycles. The number of benzene rings is 4. The molecular formula is C34H38N2O2. The zero-order valence-electron chi connectivity index (χ0n) is 23.5. The van der Waals surface area contributed by atoms with Crippen LogP contribution in [-0.2, 0) is 11.3 Å². The topological polar surface area (TPSA) is 50.4 Å². The molecule has 0 aliphatic heterocycles. The highest BCUT2D eigenvalue weighted by Crippen LogP contribution is 2.39. The van der Waals surface area contributed by atoms with Crippen molar-refractivity contribution in [3.8, 4) is 22.3 Å². The summed E-state index contributed by atoms with van der Waals surface area (Å²) in [5, 5.41) is 6.94. The monoisotopic (exact) mass is 506 g/mol. The first-order valence-corrected chi connectivity index (χ1v) is 13.2. The van der Waals surface area contributed by atoms with Crippen LogP contribution in [0.3, 0.4) is 0 Å². The molecule has 0 atom stereocenters. The fraction of sp³-hybridized carbons (Fsp3) is 0.265. The van der Waals surface area contributed by atoms with Gasteiger partial charge >= 0.3 is 5.97 Å². The number of methoxy groups -OCH3 is 1. The Morgan fingerprint density at radius 2 is 1.24 bits per heavy atom. The van der Waals surface area contributed by atoms with Gasteiger partial charge in [0.05, 0.1) is 12.7 Å². The summed E-state index contributed by atoms with van der Waals surface area (Å²) < 4.78 is 4.83. The number of ether oxygens (including phenoxy) is 1. The third-order valence-electron chi connectivity index (χ3n) is 7.27. The normalized spacial score (nSPS) is 10.9. The molecule has 4 aromatic rings. The Labute approximate surface area is 227 Å². The Balaban J connectivity index is 1.57. The molecule has 0 unspecified atom stereocenters. The first kappa shape index (κ1) is 27.0. The molecule has 0 aromatic heterocycles. The Morgan fingerprint density at radius 3 is 1.71 bits per heavy atom. The van der Waals surface area contributed by atoms with Gasteiger partial charge in [-0.1, -0.05) is 36.4 Å². The zero-order valence-corrected chi connectivity index (χ0v) is 23.5. The molecule has 2 N–H and O–H groups in total. The molecule has 0 spiro atoms. The van der Waals surface area contributed by atoms with E-state index in [2.05, 4.69) is 101 Å². The molecule has 38 heavy (non-hydrogen) atoms. The first-order chi connectivity index (χ1) is 18.2. The van der Waals surface area contributed by atoms with Gasteiger partial charge in [-0.15, -0.1) is 0 Å². The Morgan fingerprint density at radius 1 is 0.737 bits per heavy atom. The summed E-state index contributed by atoms with van der Waals surface area (Å²) in [6.45, 7) is 13.9. The van der Waals surface area contributed by atoms with Gasteiger partial charge in [0.2, 0.25) is 0 Å². The number of anilines is 2. The smallest absolute Gasteiger partial charge is 0.337 e. The van der Waals surface area contributed by atoms with E-state index in [0.29, 0.717) is 18.2 Å². The summed E-state index contributed by atoms with van der Waals surface area (Å²) in [5.74, 6) is -0.321. The lowest BCUT2D eigenvalue weighted by Crippen LogP contribution is -2.09. The SMILES string of the molecule is COC(=O)c1cccc(CNc2ccc(-c3c(C)c(C)c(-c4ccc(NC(C)C)cc4)c(C)c3C)cc2)c1. The minimum absolute atomic E-state index is 0.321. The molecule has 0 saturated heterocycles. The van der Waals surface area contributed by atoms with Crippen LogP contribution in [-0.4, -0.2) is 19.1 Å². The molecule has 0 aliphatic carbocycles. The lowest BCUT2D eigenvalue weighted by Gasteiger charge is -2.22. The van der Waals surface area contributed by atoms with Crippen LogP contribution in [0.1, 0.15) is 52.0 Å². The molecule has 0 radical (unpaired) electrons. The largest absolute Gasteiger partial charge is 0.465 e. The predicted molar refractivity (Wildman–Crippen MR) is 160 cm³/mol. The molecular weight excluding hydrogens is 468 g/mol. The second kappa shape index (κ2) is 11.6. The van der Waals surface area contributed by atoms with Gasteiger partial charge in [-0.3, -0.25) is 0 Å². The highest BCUT2D eigenvalue weighted by molar-refractivity contribution is 5.89. The van der Waals surface area contributed by atoms with E-state index in [0.717, 1.165) is 16.9 Å². The van der Waals surface area contributed by atoms with E-state index in [9.17, 15) is 4.79 Å². The maximum absolute atomic E-state index is 11.8. The molecule has 4 heteroatoms. The van der Waals surface area contributed by atoms with Crippen molar-refractivity contribution in [3.63, 3.8) is 0 Å². The van der Waals surface area contributed by atoms with Crippen LogP contribution in [0.5, 0.6) is 0 Å². The highest BCUT2D eigenvalue weighted by atomic mass is 16.5. The van der Waals surface area contributed by atoms with Crippen molar-refractivity contribution in [2.45, 2.75) is 54.1 Å². The van der Waals surface area contributed by atoms with Gasteiger partial charge in [0.25, 0.3) is 0 Å². The first-order valence-electron chi connectivity index (χ1n) is 13.2. The average Bonchev–Trinajstić information content (AvgIpc) is 2.92. The van der Waals surface area contributed by atoms with E-state index in [4.69, 9.17) is 4.74 Å². The molecule has 4 rings (SSSR count). The van der Waals surface area contributed by atoms with E-state index in [-0.39, 0.29) is 5.97 Å². The molecule has 4 nitrogen and oxygen atoms in total. The standard InChI is InChI=1S/C34H38N2O2/c1-21(2)36-31-17-13-28(14-18-31)33-24(5)22(3)32(23(4)25(33)6)27-11-15-30(16-12-27)35-20-26-9-8-10-29(19-26)34(37)38-7/h8-19,21,35-36H,20H2,1-7H3. The zero-order chi connectivity index (χ0) is 27.4. The fourth-order valence-electron chi connectivity index (χ4n) is 5.13. The Bertz CT molecular complexity index is 1410. The van der Waals surface area contributed by atoms with Gasteiger partial charge in [-0.05, 0) is 128 Å². The summed E-state index contributed by atoms with van der Waals surface area (Å²) in [4.78, 5) is 11.8. The van der Waals surface area contributed by atoms with Crippen LogP contribution in [0.15, 0.2) is 72.8 Å². The van der Waals surface area contributed by atoms with Gasteiger partial charge in [-0.2, -0.15) is 0 Å². The van der Waals surface area contributed by atoms with Crippen LogP contribution < -0.4 is 10.6 Å². The van der Waals surface area contributed by atoms with E-state index in [1.807, 2.05) is 18.2 Å². The minimum Gasteiger partial charge on any atom is -0.465 e. The van der Waals surface area contributed by atoms with Crippen LogP contribution in [0, 0.1) is 27.7 Å². The quantitative estimate of drug-likeness (QED) is 0.235. The van der Waals surface area contributed by atoms with Crippen molar-refractivity contribution in [2.24, 2.45) is 0 Å². The number of hydrogen-bond acceptors (Lipinski definition) is 4. The molecule has 0 fully saturated rings. The highest BCUT2D eigenvalue weighted by Gasteiger charge is 2.17. The van der Waals surface area contributed by atoms with E-state index >= 15 is 0 Å². The third kappa shape index (κ3) is 5.75. The van der Waals surface area contributed by atoms with Crippen molar-refractivity contribution >= 4 is 17.3 Å². The number of carbonyl (C=O) groups is 1. The summed E-state index contributed by atoms with van der Waals surface area (Å²) in [6, 6.07) is 25.3. The van der Waals surface area contributed by atoms with E-state index in [1.165, 1.54) is 51.6 Å². The summed E-state index contributed by atoms with van der Waals surface area (Å²) in [5.41, 5.74) is 14.1. The van der Waals surface area contributed by atoms with Gasteiger partial charge in [0.1, 0.15) is 0 Å². The maximum atomic E-state index is 11.8. The second-order valence-corrected chi connectivity index (χ2v) is 10.2. The fourth-order valence-corrected chi connectivity index (χ4v) is 5.13. The molecule has 0 aliphatic rings. The van der Waals surface area contributed by atoms with E-state index in [1.54, 1.807) is 6.07 Å². The second-order valence-electron chi connectivity index (χ2n) is 10.2. The molecule has 0 amide bonds. The lowest BCUT2D eigenvalue weighted by molar-refractivity contribution is 0.0600. The predicted octanol–water partition coefficient (Wildman–Crippen LogP) is 8.47. The number of rotatable bonds is 8. The van der Waals surface area contributed by atoms with Gasteiger partial charge in [0.15, 0.2) is 0 Å². The molecule has 196 valence electrons. The van der Waals surface area contributed by atoms with Crippen LogP contribution in [0.25, 0.3) is 22.3 Å². The minimum atomic E-state index is -0.321. The number of carbonyl (C=O) groups excluding carboxylic acids is 1. The maximum Gasteiger partial charge on any atom is 0.337 e. The van der Waals surface area contributed by atoms with Crippen molar-refractivity contribution in [2.75, 3.05) is 17.7 Å². The summed E-state index contributed by atoms with van der Waals surface area (Å²) >= 11 is 0. The number of esters is 1. The van der Waals surface area contributed by atoms with Crippen molar-refractivity contribution in [1.82, 2.24) is 0 Å². The number of nitrogens with one attached hydrogen (secondary N) is 2. The number of hydrogen-bond donors (Lipinski definition) is 2. The van der Waals surface area contributed by atoms with Crippen LogP contribution >= 0.6 is 0 Å². The van der Waals surface area contributed by atoms with Gasteiger partial charge < -0.3 is 15.4 Å². The van der Waals surface area contributed by atoms with Crippen LogP contribution in [0.4, 0.5) is 11.4 Å². The summed E-state index contributed by atoms with van der Waals surface area (Å²) in [6.07, 6.45) is 0. The van der Waals surface area contributed by atoms with Crippen molar-refractivity contribution < 1.29 is 9.53 Å². The van der Waals surface area contributed by atoms with Crippen LogP contribution in [0.2, 0.25) is 0 Å². The van der Waals surface area contributed by atoms with E-state index < -0.39 is 0 Å². The van der Waals surface area contributed by atoms with Gasteiger partial charge in [0, 0.05) is 24.0 Å². The van der Waals surface area contributed by atoms with Gasteiger partial charge in [-0.25, -0.2) is 4.79 Å². The van der Waals surface area contributed by atoms with Crippen molar-refractivity contribution in [1.29, 1.82) is 0 Å². The summed E-state index contributed by atoms with van der Waals surface area (Å²) in [7, 11) is 1.40. The molecule has 0 bridgehead atoms. The van der Waals surface area contributed by atoms with Crippen molar-refractivity contribution in [3.05, 3.63) is 106 Å². The average molecular weight is 507 g/mol. The Kier molecular flexibility index (Phi) is 8.21. The molecule has 0 saturated carbocycles.